The number of aliphatic hydroxyl groups excluding tert-OH is 2. The molecule has 31 heavy (non-hydrogen) atoms. The summed E-state index contributed by atoms with van der Waals surface area (Å²) in [4.78, 5) is 0.485. The summed E-state index contributed by atoms with van der Waals surface area (Å²) >= 11 is 6.40. The normalized spacial score (nSPS) is 9.65. The van der Waals surface area contributed by atoms with Crippen LogP contribution in [0.2, 0.25) is 0 Å². The number of hydrogen-bond acceptors (Lipinski definition) is 4. The second-order valence-corrected chi connectivity index (χ2v) is 7.50. The first-order chi connectivity index (χ1) is 15.0. The van der Waals surface area contributed by atoms with Gasteiger partial charge in [0, 0.05) is 4.83 Å². The molecule has 180 valence electrons. The van der Waals surface area contributed by atoms with Gasteiger partial charge in [0.1, 0.15) is 11.5 Å². The molecule has 0 fully saturated rings. The van der Waals surface area contributed by atoms with Gasteiger partial charge in [-0.3, -0.25) is 0 Å². The first kappa shape index (κ1) is 34.5. The van der Waals surface area contributed by atoms with Crippen molar-refractivity contribution in [3.8, 4) is 11.5 Å². The summed E-state index contributed by atoms with van der Waals surface area (Å²) in [5.41, 5.74) is 1.81. The van der Waals surface area contributed by atoms with Crippen molar-refractivity contribution in [2.75, 3.05) is 19.5 Å². The van der Waals surface area contributed by atoms with E-state index in [0.29, 0.717) is 11.4 Å². The molecule has 0 aliphatic heterocycles. The summed E-state index contributed by atoms with van der Waals surface area (Å²) < 4.78 is 10.4. The molecular formula is C25H42Br2O4. The fourth-order valence-electron chi connectivity index (χ4n) is 1.76. The van der Waals surface area contributed by atoms with Gasteiger partial charge in [0.05, 0.1) is 26.9 Å². The minimum Gasteiger partial charge on any atom is -0.497 e. The lowest BCUT2D eigenvalue weighted by Gasteiger charge is -2.07. The van der Waals surface area contributed by atoms with E-state index in [-0.39, 0.29) is 13.2 Å². The average molecular weight is 566 g/mol. The van der Waals surface area contributed by atoms with Gasteiger partial charge < -0.3 is 19.7 Å². The predicted molar refractivity (Wildman–Crippen MR) is 142 cm³/mol. The van der Waals surface area contributed by atoms with Gasteiger partial charge >= 0.3 is 0 Å². The molecule has 4 nitrogen and oxygen atoms in total. The van der Waals surface area contributed by atoms with Gasteiger partial charge in [-0.1, -0.05) is 97.2 Å². The molecule has 2 N–H and O–H groups in total. The molecule has 0 radical (unpaired) electrons. The molecule has 2 aromatic carbocycles. The second kappa shape index (κ2) is 27.0. The standard InChI is InChI=1S/C11H15BrO2.C8H10O2.C3H8.C2H6.CH3Br/c1-9(12)6-7-14-11-4-2-10(8-13)3-5-11;1-10-8-4-2-7(6-9)3-5-8;1-3-2;2*1-2/h2-5,9,13H,6-8H2,1H3;2-5,9H,6H2,1H3;3H2,1-2H3;1-2H3;1H3. The molecule has 0 aliphatic carbocycles. The highest BCUT2D eigenvalue weighted by Crippen LogP contribution is 2.13. The average Bonchev–Trinajstić information content (AvgIpc) is 2.83. The molecule has 6 heteroatoms. The number of rotatable bonds is 7. The smallest absolute Gasteiger partial charge is 0.119 e. The number of halogens is 2. The van der Waals surface area contributed by atoms with Crippen LogP contribution in [0, 0.1) is 0 Å². The van der Waals surface area contributed by atoms with Gasteiger partial charge in [0.15, 0.2) is 0 Å². The Hall–Kier alpha value is -1.08. The zero-order chi connectivity index (χ0) is 24.5. The van der Waals surface area contributed by atoms with Crippen molar-refractivity contribution in [1.29, 1.82) is 0 Å². The quantitative estimate of drug-likeness (QED) is 0.344. The van der Waals surface area contributed by atoms with E-state index in [1.165, 1.54) is 6.42 Å². The fraction of sp³-hybridized carbons (Fsp3) is 0.520. The second-order valence-electron chi connectivity index (χ2n) is 5.93. The molecule has 0 amide bonds. The van der Waals surface area contributed by atoms with Gasteiger partial charge in [-0.2, -0.15) is 0 Å². The zero-order valence-electron chi connectivity index (χ0n) is 20.2. The molecule has 0 bridgehead atoms. The van der Waals surface area contributed by atoms with E-state index in [2.05, 4.69) is 52.6 Å². The maximum absolute atomic E-state index is 8.83. The van der Waals surface area contributed by atoms with Gasteiger partial charge in [0.2, 0.25) is 0 Å². The first-order valence-corrected chi connectivity index (χ1v) is 13.1. The molecule has 1 unspecified atom stereocenters. The Morgan fingerprint density at radius 1 is 0.806 bits per heavy atom. The van der Waals surface area contributed by atoms with E-state index in [4.69, 9.17) is 19.7 Å². The maximum Gasteiger partial charge on any atom is 0.119 e. The Kier molecular flexibility index (Phi) is 30.0. The first-order valence-electron chi connectivity index (χ1n) is 10.6. The van der Waals surface area contributed by atoms with E-state index >= 15 is 0 Å². The van der Waals surface area contributed by atoms with E-state index in [9.17, 15) is 0 Å². The number of alkyl halides is 2. The lowest BCUT2D eigenvalue weighted by atomic mass is 10.2. The van der Waals surface area contributed by atoms with Gasteiger partial charge in [-0.15, -0.1) is 0 Å². The number of hydrogen-bond donors (Lipinski definition) is 2. The minimum absolute atomic E-state index is 0.0821. The number of benzene rings is 2. The predicted octanol–water partition coefficient (Wildman–Crippen LogP) is 7.37. The van der Waals surface area contributed by atoms with Crippen LogP contribution in [0.5, 0.6) is 11.5 Å². The van der Waals surface area contributed by atoms with Crippen molar-refractivity contribution in [2.45, 2.75) is 65.5 Å². The topological polar surface area (TPSA) is 58.9 Å². The van der Waals surface area contributed by atoms with Crippen molar-refractivity contribution >= 4 is 31.9 Å². The summed E-state index contributed by atoms with van der Waals surface area (Å²) in [7, 11) is 1.62. The zero-order valence-corrected chi connectivity index (χ0v) is 23.4. The minimum atomic E-state index is 0.0821. The van der Waals surface area contributed by atoms with Crippen molar-refractivity contribution in [3.05, 3.63) is 59.7 Å². The van der Waals surface area contributed by atoms with Crippen molar-refractivity contribution in [1.82, 2.24) is 0 Å². The number of methoxy groups -OCH3 is 1. The Balaban J connectivity index is -0.000000403. The molecule has 2 aromatic rings. The molecule has 0 aromatic heterocycles. The van der Waals surface area contributed by atoms with Crippen molar-refractivity contribution < 1.29 is 19.7 Å². The Bertz CT molecular complexity index is 550. The van der Waals surface area contributed by atoms with Crippen LogP contribution in [0.1, 0.15) is 58.6 Å². The number of ether oxygens (including phenoxy) is 2. The van der Waals surface area contributed by atoms with E-state index in [1.54, 1.807) is 7.11 Å². The highest BCUT2D eigenvalue weighted by molar-refractivity contribution is 9.09. The molecule has 0 heterocycles. The van der Waals surface area contributed by atoms with Crippen molar-refractivity contribution in [3.63, 3.8) is 0 Å². The molecule has 2 rings (SSSR count). The van der Waals surface area contributed by atoms with Crippen LogP contribution in [0.15, 0.2) is 48.5 Å². The van der Waals surface area contributed by atoms with E-state index in [1.807, 2.05) is 68.2 Å². The lowest BCUT2D eigenvalue weighted by Crippen LogP contribution is -2.02. The summed E-state index contributed by atoms with van der Waals surface area (Å²) in [6.07, 6.45) is 2.24. The third kappa shape index (κ3) is 21.9. The molecule has 0 saturated carbocycles. The third-order valence-electron chi connectivity index (χ3n) is 3.23. The van der Waals surface area contributed by atoms with Gasteiger partial charge in [0.25, 0.3) is 0 Å². The third-order valence-corrected chi connectivity index (χ3v) is 3.69. The Labute approximate surface area is 207 Å². The van der Waals surface area contributed by atoms with Gasteiger partial charge in [-0.05, 0) is 47.6 Å². The SMILES string of the molecule is CBr.CC.CC(Br)CCOc1ccc(CO)cc1.CCC.COc1ccc(CO)cc1. The van der Waals surface area contributed by atoms with Crippen LogP contribution in [0.3, 0.4) is 0 Å². The molecule has 0 saturated heterocycles. The van der Waals surface area contributed by atoms with E-state index < -0.39 is 0 Å². The van der Waals surface area contributed by atoms with Crippen LogP contribution in [-0.2, 0) is 13.2 Å². The lowest BCUT2D eigenvalue weighted by molar-refractivity contribution is 0.281. The largest absolute Gasteiger partial charge is 0.497 e. The summed E-state index contributed by atoms with van der Waals surface area (Å²) in [5.74, 6) is 3.49. The monoisotopic (exact) mass is 564 g/mol. The molecular weight excluding hydrogens is 524 g/mol. The summed E-state index contributed by atoms with van der Waals surface area (Å²) in [6, 6.07) is 14.8. The van der Waals surface area contributed by atoms with Crippen LogP contribution in [0.25, 0.3) is 0 Å². The molecule has 0 spiro atoms. The van der Waals surface area contributed by atoms with Crippen LogP contribution in [-0.4, -0.2) is 34.6 Å². The Morgan fingerprint density at radius 2 is 1.16 bits per heavy atom. The highest BCUT2D eigenvalue weighted by atomic mass is 79.9. The Morgan fingerprint density at radius 3 is 1.45 bits per heavy atom. The van der Waals surface area contributed by atoms with E-state index in [0.717, 1.165) is 29.0 Å². The highest BCUT2D eigenvalue weighted by Gasteiger charge is 1.97. The number of aliphatic hydroxyl groups is 2. The summed E-state index contributed by atoms with van der Waals surface area (Å²) in [5, 5.41) is 17.5. The van der Waals surface area contributed by atoms with Crippen molar-refractivity contribution in [2.24, 2.45) is 0 Å². The van der Waals surface area contributed by atoms with Crippen LogP contribution < -0.4 is 9.47 Å². The van der Waals surface area contributed by atoms with Gasteiger partial charge in [-0.25, -0.2) is 0 Å². The van der Waals surface area contributed by atoms with Crippen LogP contribution in [0.4, 0.5) is 0 Å². The summed E-state index contributed by atoms with van der Waals surface area (Å²) in [6.45, 7) is 11.2. The fourth-order valence-corrected chi connectivity index (χ4v) is 1.95. The molecule has 1 atom stereocenters. The maximum atomic E-state index is 8.83. The van der Waals surface area contributed by atoms with Crippen LogP contribution >= 0.6 is 31.9 Å². The molecule has 0 aliphatic rings.